The summed E-state index contributed by atoms with van der Waals surface area (Å²) >= 11 is 0. The molecule has 1 aromatic carbocycles. The van der Waals surface area contributed by atoms with Crippen molar-refractivity contribution in [2.75, 3.05) is 25.0 Å². The molecule has 3 rings (SSSR count). The summed E-state index contributed by atoms with van der Waals surface area (Å²) < 4.78 is 38.1. The second-order valence-electron chi connectivity index (χ2n) is 8.47. The summed E-state index contributed by atoms with van der Waals surface area (Å²) in [6.45, 7) is 5.17. The number of alkyl halides is 3. The van der Waals surface area contributed by atoms with Gasteiger partial charge in [-0.15, -0.1) is 0 Å². The van der Waals surface area contributed by atoms with E-state index in [4.69, 9.17) is 5.26 Å². The Hall–Kier alpha value is -3.12. The number of hydrogen-bond acceptors (Lipinski definition) is 5. The van der Waals surface area contributed by atoms with Gasteiger partial charge in [0.25, 0.3) is 0 Å². The number of likely N-dealkylation sites (tertiary alicyclic amines) is 1. The Balaban J connectivity index is 1.52. The summed E-state index contributed by atoms with van der Waals surface area (Å²) in [5, 5.41) is 15.6. The van der Waals surface area contributed by atoms with Crippen LogP contribution >= 0.6 is 0 Å². The number of anilines is 1. The number of nitrogens with one attached hydrogen (secondary N) is 2. The Labute approximate surface area is 185 Å². The standard InChI is InChI=1S/C23H26F3N5O/c1-22(2,30-14-21(32)31-11-3-4-19(31)12-27)15-29-20-10-7-17(13-28-20)16-5-8-18(9-6-16)23(24,25)26/h5-10,13,19,30H,3-4,11,14-15H2,1-2H3,(H,28,29)/t19-/m0/s1. The fourth-order valence-electron chi connectivity index (χ4n) is 3.51. The Morgan fingerprint density at radius 2 is 1.88 bits per heavy atom. The third kappa shape index (κ3) is 5.98. The Morgan fingerprint density at radius 1 is 1.19 bits per heavy atom. The first-order valence-electron chi connectivity index (χ1n) is 10.4. The highest BCUT2D eigenvalue weighted by molar-refractivity contribution is 5.79. The van der Waals surface area contributed by atoms with Crippen LogP contribution in [0.3, 0.4) is 0 Å². The average molecular weight is 445 g/mol. The molecule has 2 N–H and O–H groups in total. The van der Waals surface area contributed by atoms with Crippen LogP contribution in [0.25, 0.3) is 11.1 Å². The Morgan fingerprint density at radius 3 is 2.47 bits per heavy atom. The van der Waals surface area contributed by atoms with E-state index in [9.17, 15) is 18.0 Å². The van der Waals surface area contributed by atoms with Gasteiger partial charge in [-0.3, -0.25) is 4.79 Å². The van der Waals surface area contributed by atoms with Crippen LogP contribution in [-0.2, 0) is 11.0 Å². The van der Waals surface area contributed by atoms with Crippen molar-refractivity contribution in [1.29, 1.82) is 5.26 Å². The Kier molecular flexibility index (Phi) is 7.04. The lowest BCUT2D eigenvalue weighted by molar-refractivity contribution is -0.137. The van der Waals surface area contributed by atoms with Crippen molar-refractivity contribution in [3.8, 4) is 17.2 Å². The number of aromatic nitrogens is 1. The number of amides is 1. The predicted molar refractivity (Wildman–Crippen MR) is 116 cm³/mol. The van der Waals surface area contributed by atoms with E-state index in [0.29, 0.717) is 30.0 Å². The van der Waals surface area contributed by atoms with Gasteiger partial charge in [0.1, 0.15) is 11.9 Å². The highest BCUT2D eigenvalue weighted by Gasteiger charge is 2.30. The van der Waals surface area contributed by atoms with Crippen LogP contribution in [0.5, 0.6) is 0 Å². The number of benzene rings is 1. The minimum absolute atomic E-state index is 0.0823. The van der Waals surface area contributed by atoms with Crippen molar-refractivity contribution in [2.24, 2.45) is 0 Å². The van der Waals surface area contributed by atoms with E-state index in [1.54, 1.807) is 23.2 Å². The van der Waals surface area contributed by atoms with Gasteiger partial charge in [0.05, 0.1) is 18.2 Å². The molecule has 6 nitrogen and oxygen atoms in total. The molecule has 1 saturated heterocycles. The lowest BCUT2D eigenvalue weighted by Crippen LogP contribution is -2.50. The summed E-state index contributed by atoms with van der Waals surface area (Å²) in [6, 6.07) is 10.3. The van der Waals surface area contributed by atoms with E-state index in [1.165, 1.54) is 12.1 Å². The van der Waals surface area contributed by atoms with Crippen LogP contribution in [0, 0.1) is 11.3 Å². The molecule has 2 heterocycles. The molecule has 9 heteroatoms. The third-order valence-corrected chi connectivity index (χ3v) is 5.46. The molecule has 1 atom stereocenters. The molecule has 2 aromatic rings. The average Bonchev–Trinajstić information content (AvgIpc) is 3.25. The highest BCUT2D eigenvalue weighted by Crippen LogP contribution is 2.31. The molecule has 32 heavy (non-hydrogen) atoms. The molecule has 1 aromatic heterocycles. The van der Waals surface area contributed by atoms with Gasteiger partial charge in [0, 0.05) is 30.4 Å². The molecule has 0 unspecified atom stereocenters. The van der Waals surface area contributed by atoms with Crippen LogP contribution in [-0.4, -0.2) is 47.0 Å². The third-order valence-electron chi connectivity index (χ3n) is 5.46. The molecule has 0 bridgehead atoms. The number of hydrogen-bond donors (Lipinski definition) is 2. The molecule has 0 spiro atoms. The maximum absolute atomic E-state index is 12.7. The zero-order valence-corrected chi connectivity index (χ0v) is 18.0. The molecule has 0 aliphatic carbocycles. The minimum Gasteiger partial charge on any atom is -0.368 e. The van der Waals surface area contributed by atoms with Gasteiger partial charge in [0.15, 0.2) is 0 Å². The van der Waals surface area contributed by atoms with Gasteiger partial charge >= 0.3 is 6.18 Å². The monoisotopic (exact) mass is 445 g/mol. The van der Waals surface area contributed by atoms with Gasteiger partial charge in [-0.25, -0.2) is 4.98 Å². The van der Waals surface area contributed by atoms with E-state index in [0.717, 1.165) is 25.0 Å². The summed E-state index contributed by atoms with van der Waals surface area (Å²) in [5.41, 5.74) is 0.263. The van der Waals surface area contributed by atoms with Crippen molar-refractivity contribution < 1.29 is 18.0 Å². The van der Waals surface area contributed by atoms with Crippen molar-refractivity contribution >= 4 is 11.7 Å². The fourth-order valence-corrected chi connectivity index (χ4v) is 3.51. The number of nitrogens with zero attached hydrogens (tertiary/aromatic N) is 3. The molecule has 1 aliphatic rings. The highest BCUT2D eigenvalue weighted by atomic mass is 19.4. The van der Waals surface area contributed by atoms with Gasteiger partial charge < -0.3 is 15.5 Å². The summed E-state index contributed by atoms with van der Waals surface area (Å²) in [4.78, 5) is 18.4. The molecule has 0 radical (unpaired) electrons. The van der Waals surface area contributed by atoms with Crippen molar-refractivity contribution in [1.82, 2.24) is 15.2 Å². The molecule has 0 saturated carbocycles. The van der Waals surface area contributed by atoms with Crippen LogP contribution < -0.4 is 10.6 Å². The number of carbonyl (C=O) groups is 1. The van der Waals surface area contributed by atoms with Crippen LogP contribution in [0.15, 0.2) is 42.6 Å². The van der Waals surface area contributed by atoms with Gasteiger partial charge in [-0.1, -0.05) is 12.1 Å². The number of rotatable bonds is 7. The number of halogens is 3. The molecular formula is C23H26F3N5O. The normalized spacial score (nSPS) is 16.6. The lowest BCUT2D eigenvalue weighted by Gasteiger charge is -2.28. The van der Waals surface area contributed by atoms with Crippen LogP contribution in [0.4, 0.5) is 19.0 Å². The fraction of sp³-hybridized carbons (Fsp3) is 0.435. The largest absolute Gasteiger partial charge is 0.416 e. The first kappa shape index (κ1) is 23.5. The van der Waals surface area contributed by atoms with Gasteiger partial charge in [-0.2, -0.15) is 18.4 Å². The molecule has 1 aliphatic heterocycles. The van der Waals surface area contributed by atoms with E-state index in [2.05, 4.69) is 21.7 Å². The van der Waals surface area contributed by atoms with E-state index in [-0.39, 0.29) is 18.5 Å². The molecule has 1 fully saturated rings. The van der Waals surface area contributed by atoms with Crippen LogP contribution in [0.2, 0.25) is 0 Å². The van der Waals surface area contributed by atoms with E-state index < -0.39 is 17.3 Å². The van der Waals surface area contributed by atoms with Crippen LogP contribution in [0.1, 0.15) is 32.3 Å². The molecular weight excluding hydrogens is 419 g/mol. The van der Waals surface area contributed by atoms with Crippen molar-refractivity contribution in [3.63, 3.8) is 0 Å². The number of nitriles is 1. The SMILES string of the molecule is CC(C)(CNc1ccc(-c2ccc(C(F)(F)F)cc2)cn1)NCC(=O)N1CCC[C@H]1C#N. The van der Waals surface area contributed by atoms with Crippen molar-refractivity contribution in [3.05, 3.63) is 48.2 Å². The first-order valence-corrected chi connectivity index (χ1v) is 10.4. The zero-order chi connectivity index (χ0) is 23.4. The van der Waals surface area contributed by atoms with E-state index >= 15 is 0 Å². The topological polar surface area (TPSA) is 81.1 Å². The summed E-state index contributed by atoms with van der Waals surface area (Å²) in [6.07, 6.45) is -1.18. The smallest absolute Gasteiger partial charge is 0.368 e. The second-order valence-corrected chi connectivity index (χ2v) is 8.47. The zero-order valence-electron chi connectivity index (χ0n) is 18.0. The number of carbonyl (C=O) groups excluding carboxylic acids is 1. The van der Waals surface area contributed by atoms with Crippen molar-refractivity contribution in [2.45, 2.75) is 44.4 Å². The summed E-state index contributed by atoms with van der Waals surface area (Å²) in [5.74, 6) is 0.534. The number of pyridine rings is 1. The molecule has 1 amide bonds. The first-order chi connectivity index (χ1) is 15.1. The maximum Gasteiger partial charge on any atom is 0.416 e. The minimum atomic E-state index is -4.36. The van der Waals surface area contributed by atoms with E-state index in [1.807, 2.05) is 13.8 Å². The van der Waals surface area contributed by atoms with Gasteiger partial charge in [0.2, 0.25) is 5.91 Å². The summed E-state index contributed by atoms with van der Waals surface area (Å²) in [7, 11) is 0. The molecule has 170 valence electrons. The quantitative estimate of drug-likeness (QED) is 0.672. The maximum atomic E-state index is 12.7. The second kappa shape index (κ2) is 9.57. The van der Waals surface area contributed by atoms with Gasteiger partial charge in [-0.05, 0) is 56.5 Å². The Bertz CT molecular complexity index is 965. The lowest BCUT2D eigenvalue weighted by atomic mass is 10.0. The predicted octanol–water partition coefficient (Wildman–Crippen LogP) is 4.06.